The highest BCUT2D eigenvalue weighted by Gasteiger charge is 2.67. The fraction of sp³-hybridized carbons (Fsp3) is 0.400. The third-order valence-corrected chi connectivity index (χ3v) is 3.54. The van der Waals surface area contributed by atoms with Crippen molar-refractivity contribution in [3.8, 4) is 0 Å². The number of aromatic nitrogens is 2. The summed E-state index contributed by atoms with van der Waals surface area (Å²) >= 11 is 0. The zero-order chi connectivity index (χ0) is 20.8. The number of hydrogen-bond acceptors (Lipinski definition) is 1. The Kier molecular flexibility index (Phi) is 4.99. The summed E-state index contributed by atoms with van der Waals surface area (Å²) in [6.45, 7) is 1.02. The molecule has 0 N–H and O–H groups in total. The number of hydrogen-bond donors (Lipinski definition) is 0. The van der Waals surface area contributed by atoms with Crippen molar-refractivity contribution in [2.45, 2.75) is 37.7 Å². The summed E-state index contributed by atoms with van der Waals surface area (Å²) in [5, 5.41) is 2.72. The standard InChI is InChI=1S/C15H10F10N2/c1-8-3-2-4-9(5-8)6-27-7-10(12(16,17)14(20,21)22)11(26-27)13(18,19)15(23,24)25/h2-5,7H,6H2,1H3. The lowest BCUT2D eigenvalue weighted by Crippen LogP contribution is -2.40. The van der Waals surface area contributed by atoms with Crippen LogP contribution in [0.25, 0.3) is 0 Å². The Morgan fingerprint density at radius 2 is 1.41 bits per heavy atom. The Morgan fingerprint density at radius 1 is 0.852 bits per heavy atom. The molecule has 150 valence electrons. The molecule has 2 nitrogen and oxygen atoms in total. The minimum Gasteiger partial charge on any atom is -0.267 e. The number of halogens is 10. The van der Waals surface area contributed by atoms with Gasteiger partial charge in [0, 0.05) is 6.20 Å². The molecule has 1 heterocycles. The van der Waals surface area contributed by atoms with E-state index in [9.17, 15) is 43.9 Å². The lowest BCUT2D eigenvalue weighted by molar-refractivity contribution is -0.302. The number of benzene rings is 1. The summed E-state index contributed by atoms with van der Waals surface area (Å²) in [6.07, 6.45) is -12.9. The van der Waals surface area contributed by atoms with E-state index in [-0.39, 0.29) is 16.4 Å². The monoisotopic (exact) mass is 408 g/mol. The summed E-state index contributed by atoms with van der Waals surface area (Å²) in [5.74, 6) is -12.0. The first-order chi connectivity index (χ1) is 12.1. The van der Waals surface area contributed by atoms with Gasteiger partial charge in [-0.2, -0.15) is 49.0 Å². The van der Waals surface area contributed by atoms with E-state index in [1.807, 2.05) is 0 Å². The van der Waals surface area contributed by atoms with Crippen LogP contribution in [-0.4, -0.2) is 22.1 Å². The largest absolute Gasteiger partial charge is 0.459 e. The van der Waals surface area contributed by atoms with Crippen molar-refractivity contribution in [3.63, 3.8) is 0 Å². The molecule has 0 amide bonds. The zero-order valence-electron chi connectivity index (χ0n) is 13.3. The molecule has 2 rings (SSSR count). The van der Waals surface area contributed by atoms with E-state index in [1.165, 1.54) is 18.2 Å². The molecule has 0 saturated heterocycles. The van der Waals surface area contributed by atoms with Gasteiger partial charge in [-0.25, -0.2) is 0 Å². The van der Waals surface area contributed by atoms with Gasteiger partial charge in [0.25, 0.3) is 0 Å². The molecule has 0 radical (unpaired) electrons. The van der Waals surface area contributed by atoms with Crippen molar-refractivity contribution in [1.82, 2.24) is 9.78 Å². The zero-order valence-corrected chi connectivity index (χ0v) is 13.3. The van der Waals surface area contributed by atoms with Crippen LogP contribution in [0.4, 0.5) is 43.9 Å². The third-order valence-electron chi connectivity index (χ3n) is 3.54. The molecule has 2 aromatic rings. The van der Waals surface area contributed by atoms with Crippen LogP contribution in [-0.2, 0) is 18.4 Å². The lowest BCUT2D eigenvalue weighted by Gasteiger charge is -2.23. The maximum atomic E-state index is 13.6. The van der Waals surface area contributed by atoms with Gasteiger partial charge in [-0.1, -0.05) is 29.8 Å². The van der Waals surface area contributed by atoms with Gasteiger partial charge in [-0.3, -0.25) is 4.68 Å². The molecular formula is C15H10F10N2. The van der Waals surface area contributed by atoms with Gasteiger partial charge >= 0.3 is 24.2 Å². The van der Waals surface area contributed by atoms with E-state index in [1.54, 1.807) is 13.0 Å². The molecule has 0 aliphatic rings. The Bertz CT molecular complexity index is 773. The minimum absolute atomic E-state index is 0.148. The number of nitrogens with zero attached hydrogens (tertiary/aromatic N) is 2. The second kappa shape index (κ2) is 6.41. The van der Waals surface area contributed by atoms with Crippen LogP contribution in [0.1, 0.15) is 22.4 Å². The van der Waals surface area contributed by atoms with Crippen LogP contribution >= 0.6 is 0 Å². The minimum atomic E-state index is -6.41. The van der Waals surface area contributed by atoms with E-state index < -0.39 is 42.0 Å². The van der Waals surface area contributed by atoms with Crippen molar-refractivity contribution in [2.75, 3.05) is 0 Å². The fourth-order valence-electron chi connectivity index (χ4n) is 2.25. The van der Waals surface area contributed by atoms with Gasteiger partial charge in [-0.15, -0.1) is 0 Å². The van der Waals surface area contributed by atoms with Crippen LogP contribution in [0.5, 0.6) is 0 Å². The van der Waals surface area contributed by atoms with E-state index in [0.717, 1.165) is 0 Å². The highest BCUT2D eigenvalue weighted by atomic mass is 19.4. The van der Waals surface area contributed by atoms with Crippen molar-refractivity contribution < 1.29 is 43.9 Å². The quantitative estimate of drug-likeness (QED) is 0.607. The topological polar surface area (TPSA) is 17.8 Å². The van der Waals surface area contributed by atoms with Crippen molar-refractivity contribution in [3.05, 3.63) is 52.8 Å². The molecule has 0 aliphatic heterocycles. The molecular weight excluding hydrogens is 398 g/mol. The maximum Gasteiger partial charge on any atom is 0.459 e. The van der Waals surface area contributed by atoms with Crippen molar-refractivity contribution in [2.24, 2.45) is 0 Å². The highest BCUT2D eigenvalue weighted by Crippen LogP contribution is 2.51. The predicted molar refractivity (Wildman–Crippen MR) is 72.4 cm³/mol. The van der Waals surface area contributed by atoms with E-state index >= 15 is 0 Å². The van der Waals surface area contributed by atoms with Gasteiger partial charge in [-0.05, 0) is 12.5 Å². The molecule has 0 saturated carbocycles. The smallest absolute Gasteiger partial charge is 0.267 e. The first kappa shape index (κ1) is 21.0. The van der Waals surface area contributed by atoms with E-state index in [0.29, 0.717) is 5.56 Å². The number of rotatable bonds is 4. The molecule has 0 aliphatic carbocycles. The van der Waals surface area contributed by atoms with Crippen molar-refractivity contribution in [1.29, 1.82) is 0 Å². The molecule has 12 heteroatoms. The molecule has 0 bridgehead atoms. The molecule has 0 unspecified atom stereocenters. The van der Waals surface area contributed by atoms with Crippen LogP contribution in [0.15, 0.2) is 30.5 Å². The maximum absolute atomic E-state index is 13.6. The molecule has 0 fully saturated rings. The first-order valence-electron chi connectivity index (χ1n) is 7.10. The predicted octanol–water partition coefficient (Wildman–Crippen LogP) is 5.55. The summed E-state index contributed by atoms with van der Waals surface area (Å²) in [4.78, 5) is 0. The lowest BCUT2D eigenvalue weighted by atomic mass is 10.0. The highest BCUT2D eigenvalue weighted by molar-refractivity contribution is 5.30. The molecule has 0 spiro atoms. The van der Waals surface area contributed by atoms with Gasteiger partial charge in [0.2, 0.25) is 0 Å². The van der Waals surface area contributed by atoms with Crippen LogP contribution in [0.2, 0.25) is 0 Å². The SMILES string of the molecule is Cc1cccc(Cn2cc(C(F)(F)C(F)(F)F)c(C(F)(F)C(F)(F)F)n2)c1. The Hall–Kier alpha value is -2.27. The average molecular weight is 408 g/mol. The molecule has 1 aromatic heterocycles. The van der Waals surface area contributed by atoms with E-state index in [2.05, 4.69) is 5.10 Å². The summed E-state index contributed by atoms with van der Waals surface area (Å²) in [5.41, 5.74) is -4.35. The Morgan fingerprint density at radius 3 is 1.89 bits per heavy atom. The molecule has 0 atom stereocenters. The van der Waals surface area contributed by atoms with Gasteiger partial charge < -0.3 is 0 Å². The van der Waals surface area contributed by atoms with Gasteiger partial charge in [0.1, 0.15) is 0 Å². The van der Waals surface area contributed by atoms with Crippen LogP contribution in [0.3, 0.4) is 0 Å². The van der Waals surface area contributed by atoms with Gasteiger partial charge in [0.05, 0.1) is 12.1 Å². The van der Waals surface area contributed by atoms with Crippen molar-refractivity contribution >= 4 is 0 Å². The Balaban J connectivity index is 2.62. The summed E-state index contributed by atoms with van der Waals surface area (Å²) < 4.78 is 130. The van der Waals surface area contributed by atoms with Crippen LogP contribution < -0.4 is 0 Å². The summed E-state index contributed by atoms with van der Waals surface area (Å²) in [6, 6.07) is 5.90. The normalized spacial score (nSPS) is 13.9. The van der Waals surface area contributed by atoms with E-state index in [4.69, 9.17) is 0 Å². The summed E-state index contributed by atoms with van der Waals surface area (Å²) in [7, 11) is 0. The average Bonchev–Trinajstić information content (AvgIpc) is 2.90. The second-order valence-electron chi connectivity index (χ2n) is 5.72. The number of aryl methyl sites for hydroxylation is 1. The molecule has 1 aromatic carbocycles. The second-order valence-corrected chi connectivity index (χ2v) is 5.72. The third kappa shape index (κ3) is 3.88. The molecule has 27 heavy (non-hydrogen) atoms. The number of alkyl halides is 10. The first-order valence-corrected chi connectivity index (χ1v) is 7.10. The fourth-order valence-corrected chi connectivity index (χ4v) is 2.25. The van der Waals surface area contributed by atoms with Gasteiger partial charge in [0.15, 0.2) is 5.69 Å². The van der Waals surface area contributed by atoms with Crippen LogP contribution in [0, 0.1) is 6.92 Å². The Labute approximate surface area is 145 Å².